The quantitative estimate of drug-likeness (QED) is 0.762. The van der Waals surface area contributed by atoms with Gasteiger partial charge in [0.2, 0.25) is 0 Å². The summed E-state index contributed by atoms with van der Waals surface area (Å²) in [7, 11) is 0. The standard InChI is InChI=1S/C20H20FN3O/c1-12-3-2-4-16(21)18(12)14-7-5-13(6-8-14)15-11-17-19(24-20(15)25)23-10-9-22-17/h2-4,9-11,13-14H,5-8H2,1H3,(H,23,24,25). The Morgan fingerprint density at radius 2 is 1.80 bits per heavy atom. The molecule has 1 aliphatic carbocycles. The van der Waals surface area contributed by atoms with Crippen LogP contribution in [0, 0.1) is 12.7 Å². The fourth-order valence-electron chi connectivity index (χ4n) is 4.10. The zero-order chi connectivity index (χ0) is 17.4. The number of hydrogen-bond acceptors (Lipinski definition) is 3. The minimum atomic E-state index is -0.109. The molecule has 0 atom stereocenters. The molecular weight excluding hydrogens is 317 g/mol. The first-order valence-electron chi connectivity index (χ1n) is 8.72. The zero-order valence-corrected chi connectivity index (χ0v) is 14.1. The average molecular weight is 337 g/mol. The predicted molar refractivity (Wildman–Crippen MR) is 95.2 cm³/mol. The Morgan fingerprint density at radius 1 is 1.08 bits per heavy atom. The summed E-state index contributed by atoms with van der Waals surface area (Å²) in [6.45, 7) is 1.97. The van der Waals surface area contributed by atoms with Gasteiger partial charge in [-0.05, 0) is 67.7 Å². The molecule has 0 amide bonds. The first-order valence-corrected chi connectivity index (χ1v) is 8.72. The van der Waals surface area contributed by atoms with Gasteiger partial charge in [-0.3, -0.25) is 9.78 Å². The molecule has 4 rings (SSSR count). The topological polar surface area (TPSA) is 58.6 Å². The monoisotopic (exact) mass is 337 g/mol. The number of fused-ring (bicyclic) bond motifs is 1. The van der Waals surface area contributed by atoms with E-state index in [1.807, 2.05) is 19.1 Å². The molecule has 3 aromatic rings. The van der Waals surface area contributed by atoms with E-state index in [4.69, 9.17) is 0 Å². The molecule has 1 aromatic carbocycles. The number of aromatic amines is 1. The maximum Gasteiger partial charge on any atom is 0.253 e. The minimum Gasteiger partial charge on any atom is -0.305 e. The van der Waals surface area contributed by atoms with Crippen molar-refractivity contribution >= 4 is 11.2 Å². The summed E-state index contributed by atoms with van der Waals surface area (Å²) < 4.78 is 14.2. The van der Waals surface area contributed by atoms with E-state index < -0.39 is 0 Å². The second-order valence-electron chi connectivity index (χ2n) is 6.86. The molecule has 4 nitrogen and oxygen atoms in total. The lowest BCUT2D eigenvalue weighted by Crippen LogP contribution is -2.21. The highest BCUT2D eigenvalue weighted by atomic mass is 19.1. The van der Waals surface area contributed by atoms with E-state index >= 15 is 0 Å². The molecule has 0 unspecified atom stereocenters. The molecule has 1 saturated carbocycles. The second-order valence-corrected chi connectivity index (χ2v) is 6.86. The van der Waals surface area contributed by atoms with E-state index in [-0.39, 0.29) is 23.2 Å². The summed E-state index contributed by atoms with van der Waals surface area (Å²) in [4.78, 5) is 23.7. The molecule has 0 saturated heterocycles. The Kier molecular flexibility index (Phi) is 4.07. The first-order chi connectivity index (χ1) is 12.1. The molecule has 1 aliphatic rings. The second kappa shape index (κ2) is 6.39. The molecule has 2 heterocycles. The summed E-state index contributed by atoms with van der Waals surface area (Å²) in [6, 6.07) is 7.13. The molecule has 5 heteroatoms. The summed E-state index contributed by atoms with van der Waals surface area (Å²) >= 11 is 0. The number of nitrogens with zero attached hydrogens (tertiary/aromatic N) is 2. The van der Waals surface area contributed by atoms with Crippen molar-refractivity contribution in [2.24, 2.45) is 0 Å². The van der Waals surface area contributed by atoms with E-state index in [9.17, 15) is 9.18 Å². The van der Waals surface area contributed by atoms with E-state index in [2.05, 4.69) is 15.0 Å². The lowest BCUT2D eigenvalue weighted by Gasteiger charge is -2.29. The third kappa shape index (κ3) is 2.95. The molecule has 25 heavy (non-hydrogen) atoms. The summed E-state index contributed by atoms with van der Waals surface area (Å²) in [5.74, 6) is 0.317. The molecule has 0 radical (unpaired) electrons. The van der Waals surface area contributed by atoms with Gasteiger partial charge in [0.25, 0.3) is 5.56 Å². The van der Waals surface area contributed by atoms with Gasteiger partial charge < -0.3 is 4.98 Å². The van der Waals surface area contributed by atoms with Crippen LogP contribution in [0.1, 0.15) is 54.2 Å². The van der Waals surface area contributed by atoms with Crippen molar-refractivity contribution in [3.8, 4) is 0 Å². The van der Waals surface area contributed by atoms with Crippen molar-refractivity contribution in [3.63, 3.8) is 0 Å². The number of rotatable bonds is 2. The number of pyridine rings is 1. The van der Waals surface area contributed by atoms with Gasteiger partial charge >= 0.3 is 0 Å². The van der Waals surface area contributed by atoms with Crippen LogP contribution in [0.5, 0.6) is 0 Å². The van der Waals surface area contributed by atoms with Crippen molar-refractivity contribution in [1.29, 1.82) is 0 Å². The van der Waals surface area contributed by atoms with Gasteiger partial charge in [-0.15, -0.1) is 0 Å². The van der Waals surface area contributed by atoms with Crippen LogP contribution in [0.3, 0.4) is 0 Å². The van der Waals surface area contributed by atoms with Crippen LogP contribution in [0.25, 0.3) is 11.2 Å². The smallest absolute Gasteiger partial charge is 0.253 e. The highest BCUT2D eigenvalue weighted by Gasteiger charge is 2.27. The van der Waals surface area contributed by atoms with Crippen LogP contribution in [-0.2, 0) is 0 Å². The number of nitrogens with one attached hydrogen (secondary N) is 1. The molecule has 1 fully saturated rings. The zero-order valence-electron chi connectivity index (χ0n) is 14.1. The molecule has 2 aromatic heterocycles. The Morgan fingerprint density at radius 3 is 2.56 bits per heavy atom. The SMILES string of the molecule is Cc1cccc(F)c1C1CCC(c2cc3nccnc3[nH]c2=O)CC1. The van der Waals surface area contributed by atoms with E-state index in [1.54, 1.807) is 24.5 Å². The predicted octanol–water partition coefficient (Wildman–Crippen LogP) is 4.21. The number of aromatic nitrogens is 3. The van der Waals surface area contributed by atoms with Gasteiger partial charge in [-0.1, -0.05) is 12.1 Å². The Balaban J connectivity index is 1.58. The largest absolute Gasteiger partial charge is 0.305 e. The number of halogens is 1. The summed E-state index contributed by atoms with van der Waals surface area (Å²) in [5.41, 5.74) is 3.79. The van der Waals surface area contributed by atoms with Crippen molar-refractivity contribution < 1.29 is 4.39 Å². The number of aryl methyl sites for hydroxylation is 1. The maximum atomic E-state index is 14.2. The van der Waals surface area contributed by atoms with Crippen molar-refractivity contribution in [2.45, 2.75) is 44.4 Å². The van der Waals surface area contributed by atoms with Gasteiger partial charge in [0, 0.05) is 18.0 Å². The fraction of sp³-hybridized carbons (Fsp3) is 0.350. The van der Waals surface area contributed by atoms with Gasteiger partial charge in [0.05, 0.1) is 0 Å². The maximum absolute atomic E-state index is 14.2. The molecular formula is C20H20FN3O. The van der Waals surface area contributed by atoms with Crippen molar-refractivity contribution in [3.05, 3.63) is 69.5 Å². The number of H-pyrrole nitrogens is 1. The molecule has 1 N–H and O–H groups in total. The lowest BCUT2D eigenvalue weighted by molar-refractivity contribution is 0.385. The molecule has 0 bridgehead atoms. The van der Waals surface area contributed by atoms with Crippen molar-refractivity contribution in [2.75, 3.05) is 0 Å². The minimum absolute atomic E-state index is 0.0847. The van der Waals surface area contributed by atoms with Crippen LogP contribution in [0.4, 0.5) is 4.39 Å². The van der Waals surface area contributed by atoms with Crippen LogP contribution in [0.15, 0.2) is 41.5 Å². The van der Waals surface area contributed by atoms with E-state index in [1.165, 1.54) is 0 Å². The van der Waals surface area contributed by atoms with Crippen molar-refractivity contribution in [1.82, 2.24) is 15.0 Å². The summed E-state index contributed by atoms with van der Waals surface area (Å²) in [6.07, 6.45) is 6.75. The normalized spacial score (nSPS) is 20.7. The van der Waals surface area contributed by atoms with Crippen LogP contribution in [-0.4, -0.2) is 15.0 Å². The van der Waals surface area contributed by atoms with Crippen LogP contribution in [0.2, 0.25) is 0 Å². The van der Waals surface area contributed by atoms with Gasteiger partial charge in [-0.25, -0.2) is 9.37 Å². The highest BCUT2D eigenvalue weighted by Crippen LogP contribution is 2.41. The molecule has 128 valence electrons. The van der Waals surface area contributed by atoms with Gasteiger partial charge in [-0.2, -0.15) is 0 Å². The van der Waals surface area contributed by atoms with Crippen LogP contribution < -0.4 is 5.56 Å². The number of hydrogen-bond donors (Lipinski definition) is 1. The number of benzene rings is 1. The lowest BCUT2D eigenvalue weighted by atomic mass is 9.75. The summed E-state index contributed by atoms with van der Waals surface area (Å²) in [5, 5.41) is 0. The van der Waals surface area contributed by atoms with Crippen LogP contribution >= 0.6 is 0 Å². The van der Waals surface area contributed by atoms with E-state index in [0.717, 1.165) is 42.4 Å². The Bertz CT molecular complexity index is 954. The third-order valence-electron chi connectivity index (χ3n) is 5.36. The van der Waals surface area contributed by atoms with Gasteiger partial charge in [0.1, 0.15) is 11.3 Å². The Labute approximate surface area is 145 Å². The highest BCUT2D eigenvalue weighted by molar-refractivity contribution is 5.69. The molecule has 0 aliphatic heterocycles. The van der Waals surface area contributed by atoms with E-state index in [0.29, 0.717) is 11.2 Å². The average Bonchev–Trinajstić information content (AvgIpc) is 2.62. The Hall–Kier alpha value is -2.56. The van der Waals surface area contributed by atoms with Gasteiger partial charge in [0.15, 0.2) is 5.65 Å². The molecule has 0 spiro atoms. The first kappa shape index (κ1) is 15.9. The third-order valence-corrected chi connectivity index (χ3v) is 5.36. The fourth-order valence-corrected chi connectivity index (χ4v) is 4.10.